The van der Waals surface area contributed by atoms with Crippen molar-refractivity contribution in [2.24, 2.45) is 0 Å². The van der Waals surface area contributed by atoms with Crippen LogP contribution < -0.4 is 15.4 Å². The highest BCUT2D eigenvalue weighted by atomic mass is 35.5. The van der Waals surface area contributed by atoms with Crippen LogP contribution in [0.3, 0.4) is 0 Å². The minimum absolute atomic E-state index is 0.0570. The smallest absolute Gasteiger partial charge is 0.271 e. The lowest BCUT2D eigenvalue weighted by molar-refractivity contribution is 0.0944. The van der Waals surface area contributed by atoms with Crippen molar-refractivity contribution < 1.29 is 9.53 Å². The third kappa shape index (κ3) is 8.27. The van der Waals surface area contributed by atoms with E-state index in [0.29, 0.717) is 29.7 Å². The molecule has 6 nitrogen and oxygen atoms in total. The largest absolute Gasteiger partial charge is 0.494 e. The lowest BCUT2D eigenvalue weighted by Gasteiger charge is -2.11. The van der Waals surface area contributed by atoms with Crippen LogP contribution in [0.5, 0.6) is 5.75 Å². The van der Waals surface area contributed by atoms with Crippen LogP contribution in [0.4, 0.5) is 5.82 Å². The Labute approximate surface area is 185 Å². The first kappa shape index (κ1) is 24.1. The first-order chi connectivity index (χ1) is 14.7. The number of aryl methyl sites for hydroxylation is 1. The van der Waals surface area contributed by atoms with Gasteiger partial charge in [0.05, 0.1) is 12.9 Å². The molecule has 2 rings (SSSR count). The molecule has 1 aromatic heterocycles. The van der Waals surface area contributed by atoms with Gasteiger partial charge in [0.25, 0.3) is 5.91 Å². The Kier molecular flexibility index (Phi) is 11.2. The van der Waals surface area contributed by atoms with Gasteiger partial charge in [-0.05, 0) is 43.5 Å². The second-order valence-electron chi connectivity index (χ2n) is 7.42. The lowest BCUT2D eigenvalue weighted by Crippen LogP contribution is -2.27. The molecule has 7 heteroatoms. The predicted molar refractivity (Wildman–Crippen MR) is 124 cm³/mol. The van der Waals surface area contributed by atoms with Gasteiger partial charge in [0.1, 0.15) is 5.75 Å². The van der Waals surface area contributed by atoms with Crippen LogP contribution in [0.25, 0.3) is 0 Å². The second-order valence-corrected chi connectivity index (χ2v) is 7.85. The molecule has 0 unspecified atom stereocenters. The van der Waals surface area contributed by atoms with Gasteiger partial charge in [-0.25, -0.2) is 4.98 Å². The highest BCUT2D eigenvalue weighted by Crippen LogP contribution is 2.16. The molecule has 0 radical (unpaired) electrons. The molecule has 1 aromatic carbocycles. The third-order valence-electron chi connectivity index (χ3n) is 4.98. The average Bonchev–Trinajstić information content (AvgIpc) is 3.17. The number of anilines is 1. The first-order valence-electron chi connectivity index (χ1n) is 11.0. The quantitative estimate of drug-likeness (QED) is 0.362. The monoisotopic (exact) mass is 434 g/mol. The van der Waals surface area contributed by atoms with Crippen LogP contribution in [0.1, 0.15) is 68.8 Å². The maximum absolute atomic E-state index is 12.7. The van der Waals surface area contributed by atoms with Gasteiger partial charge in [0.15, 0.2) is 11.5 Å². The fraction of sp³-hybridized carbons (Fsp3) is 0.565. The van der Waals surface area contributed by atoms with Crippen LogP contribution in [-0.4, -0.2) is 35.7 Å². The van der Waals surface area contributed by atoms with E-state index in [9.17, 15) is 4.79 Å². The van der Waals surface area contributed by atoms with Crippen molar-refractivity contribution in [3.05, 3.63) is 41.3 Å². The van der Waals surface area contributed by atoms with Crippen LogP contribution in [0.2, 0.25) is 5.02 Å². The fourth-order valence-electron chi connectivity index (χ4n) is 3.27. The SMILES string of the molecule is CCCCCCn1cnc(NC)c1C(=O)NCCCCCCOc1ccc(Cl)cc1. The summed E-state index contributed by atoms with van der Waals surface area (Å²) < 4.78 is 7.66. The minimum Gasteiger partial charge on any atom is -0.494 e. The zero-order valence-electron chi connectivity index (χ0n) is 18.3. The summed E-state index contributed by atoms with van der Waals surface area (Å²) in [6.07, 6.45) is 10.5. The molecular formula is C23H35ClN4O2. The summed E-state index contributed by atoms with van der Waals surface area (Å²) in [5, 5.41) is 6.78. The van der Waals surface area contributed by atoms with Crippen molar-refractivity contribution in [3.63, 3.8) is 0 Å². The van der Waals surface area contributed by atoms with Crippen LogP contribution >= 0.6 is 11.6 Å². The Morgan fingerprint density at radius 3 is 2.53 bits per heavy atom. The normalized spacial score (nSPS) is 10.8. The lowest BCUT2D eigenvalue weighted by atomic mass is 10.2. The van der Waals surface area contributed by atoms with E-state index in [1.165, 1.54) is 19.3 Å². The number of hydrogen-bond donors (Lipinski definition) is 2. The molecule has 0 saturated heterocycles. The number of carbonyl (C=O) groups is 1. The van der Waals surface area contributed by atoms with Crippen molar-refractivity contribution in [1.29, 1.82) is 0 Å². The molecule has 0 bridgehead atoms. The summed E-state index contributed by atoms with van der Waals surface area (Å²) in [6.45, 7) is 4.38. The first-order valence-corrected chi connectivity index (χ1v) is 11.4. The van der Waals surface area contributed by atoms with Gasteiger partial charge in [-0.15, -0.1) is 0 Å². The maximum Gasteiger partial charge on any atom is 0.271 e. The fourth-order valence-corrected chi connectivity index (χ4v) is 3.39. The summed E-state index contributed by atoms with van der Waals surface area (Å²) in [6, 6.07) is 7.42. The zero-order valence-corrected chi connectivity index (χ0v) is 19.0. The van der Waals surface area contributed by atoms with Crippen LogP contribution in [-0.2, 0) is 6.54 Å². The summed E-state index contributed by atoms with van der Waals surface area (Å²) in [7, 11) is 1.80. The van der Waals surface area contributed by atoms with E-state index in [1.807, 2.05) is 28.8 Å². The van der Waals surface area contributed by atoms with E-state index in [2.05, 4.69) is 22.5 Å². The number of aromatic nitrogens is 2. The van der Waals surface area contributed by atoms with Gasteiger partial charge < -0.3 is 19.9 Å². The van der Waals surface area contributed by atoms with Crippen molar-refractivity contribution >= 4 is 23.3 Å². The van der Waals surface area contributed by atoms with Gasteiger partial charge in [0, 0.05) is 25.2 Å². The Morgan fingerprint density at radius 2 is 1.80 bits per heavy atom. The van der Waals surface area contributed by atoms with Crippen LogP contribution in [0, 0.1) is 0 Å². The van der Waals surface area contributed by atoms with E-state index in [-0.39, 0.29) is 5.91 Å². The van der Waals surface area contributed by atoms with Gasteiger partial charge in [0.2, 0.25) is 0 Å². The third-order valence-corrected chi connectivity index (χ3v) is 5.23. The molecule has 1 amide bonds. The topological polar surface area (TPSA) is 68.2 Å². The Morgan fingerprint density at radius 1 is 1.07 bits per heavy atom. The molecule has 2 N–H and O–H groups in total. The van der Waals surface area contributed by atoms with E-state index < -0.39 is 0 Å². The maximum atomic E-state index is 12.7. The minimum atomic E-state index is -0.0570. The van der Waals surface area contributed by atoms with Gasteiger partial charge in [-0.2, -0.15) is 0 Å². The standard InChI is InChI=1S/C23H35ClN4O2/c1-3-4-5-9-16-28-18-27-22(25-2)21(28)23(29)26-15-8-6-7-10-17-30-20-13-11-19(24)12-14-20/h11-14,18,25H,3-10,15-17H2,1-2H3,(H,26,29). The molecule has 0 aliphatic carbocycles. The number of hydrogen-bond acceptors (Lipinski definition) is 4. The molecule has 166 valence electrons. The molecule has 0 aliphatic heterocycles. The van der Waals surface area contributed by atoms with Crippen molar-refractivity contribution in [2.75, 3.05) is 25.5 Å². The molecule has 0 saturated carbocycles. The number of unbranched alkanes of at least 4 members (excludes halogenated alkanes) is 6. The van der Waals surface area contributed by atoms with Crippen LogP contribution in [0.15, 0.2) is 30.6 Å². The Bertz CT molecular complexity index is 746. The number of amides is 1. The molecule has 0 spiro atoms. The second kappa shape index (κ2) is 13.9. The van der Waals surface area contributed by atoms with Gasteiger partial charge in [-0.1, -0.05) is 50.6 Å². The average molecular weight is 435 g/mol. The summed E-state index contributed by atoms with van der Waals surface area (Å²) >= 11 is 5.86. The van der Waals surface area contributed by atoms with Crippen molar-refractivity contribution in [1.82, 2.24) is 14.9 Å². The van der Waals surface area contributed by atoms with E-state index in [1.54, 1.807) is 13.4 Å². The Hall–Kier alpha value is -2.21. The molecule has 0 fully saturated rings. The molecule has 2 aromatic rings. The highest BCUT2D eigenvalue weighted by molar-refractivity contribution is 6.30. The summed E-state index contributed by atoms with van der Waals surface area (Å²) in [4.78, 5) is 17.0. The number of benzene rings is 1. The van der Waals surface area contributed by atoms with E-state index >= 15 is 0 Å². The zero-order chi connectivity index (χ0) is 21.6. The predicted octanol–water partition coefficient (Wildman–Crippen LogP) is 5.53. The number of imidazole rings is 1. The summed E-state index contributed by atoms with van der Waals surface area (Å²) in [5.74, 6) is 1.43. The number of rotatable bonds is 15. The van der Waals surface area contributed by atoms with Crippen molar-refractivity contribution in [2.45, 2.75) is 64.8 Å². The van der Waals surface area contributed by atoms with Gasteiger partial charge in [-0.3, -0.25) is 4.79 Å². The highest BCUT2D eigenvalue weighted by Gasteiger charge is 2.17. The van der Waals surface area contributed by atoms with Crippen molar-refractivity contribution in [3.8, 4) is 5.75 Å². The number of nitrogens with one attached hydrogen (secondary N) is 2. The summed E-state index contributed by atoms with van der Waals surface area (Å²) in [5.41, 5.74) is 0.630. The number of carbonyl (C=O) groups excluding carboxylic acids is 1. The molecule has 30 heavy (non-hydrogen) atoms. The number of halogens is 1. The molecule has 0 atom stereocenters. The molecule has 1 heterocycles. The molecule has 0 aliphatic rings. The molecular weight excluding hydrogens is 400 g/mol. The number of nitrogens with zero attached hydrogens (tertiary/aromatic N) is 2. The van der Waals surface area contributed by atoms with E-state index in [4.69, 9.17) is 16.3 Å². The Balaban J connectivity index is 1.63. The van der Waals surface area contributed by atoms with E-state index in [0.717, 1.165) is 44.4 Å². The van der Waals surface area contributed by atoms with Gasteiger partial charge >= 0.3 is 0 Å². The number of ether oxygens (including phenoxy) is 1.